The van der Waals surface area contributed by atoms with E-state index in [1.165, 1.54) is 11.7 Å². The maximum absolute atomic E-state index is 12.4. The van der Waals surface area contributed by atoms with Gasteiger partial charge in [0, 0.05) is 6.07 Å². The number of methoxy groups -OCH3 is 1. The molecular weight excluding hydrogens is 234 g/mol. The van der Waals surface area contributed by atoms with Crippen molar-refractivity contribution in [3.8, 4) is 5.75 Å². The zero-order chi connectivity index (χ0) is 11.7. The second-order valence-electron chi connectivity index (χ2n) is 3.31. The van der Waals surface area contributed by atoms with Crippen LogP contribution in [0.15, 0.2) is 18.2 Å². The zero-order valence-corrected chi connectivity index (χ0v) is 9.35. The van der Waals surface area contributed by atoms with Crippen molar-refractivity contribution in [2.75, 3.05) is 7.11 Å². The quantitative estimate of drug-likeness (QED) is 0.841. The van der Waals surface area contributed by atoms with Gasteiger partial charge in [0.05, 0.1) is 24.7 Å². The topological polar surface area (TPSA) is 29.9 Å². The van der Waals surface area contributed by atoms with Gasteiger partial charge in [-0.3, -0.25) is 0 Å². The Morgan fingerprint density at radius 1 is 1.50 bits per heavy atom. The molecular formula is C10H10F2N2OS. The molecule has 1 heterocycles. The van der Waals surface area contributed by atoms with Gasteiger partial charge in [-0.1, -0.05) is 0 Å². The Kier molecular flexibility index (Phi) is 2.91. The van der Waals surface area contributed by atoms with Crippen LogP contribution in [0.5, 0.6) is 5.75 Å². The van der Waals surface area contributed by atoms with E-state index in [9.17, 15) is 8.78 Å². The van der Waals surface area contributed by atoms with Gasteiger partial charge in [0.2, 0.25) is 0 Å². The summed E-state index contributed by atoms with van der Waals surface area (Å²) in [4.78, 5) is 2.87. The van der Waals surface area contributed by atoms with Crippen LogP contribution in [0.2, 0.25) is 0 Å². The summed E-state index contributed by atoms with van der Waals surface area (Å²) in [5, 5.41) is 0. The normalized spacial score (nSPS) is 11.2. The fourth-order valence-electron chi connectivity index (χ4n) is 1.58. The fraction of sp³-hybridized carbons (Fsp3) is 0.300. The van der Waals surface area contributed by atoms with Crippen molar-refractivity contribution in [1.82, 2.24) is 9.55 Å². The maximum atomic E-state index is 12.4. The van der Waals surface area contributed by atoms with E-state index >= 15 is 0 Å². The summed E-state index contributed by atoms with van der Waals surface area (Å²) in [7, 11) is 1.53. The molecule has 6 heteroatoms. The molecule has 0 amide bonds. The number of aromatic nitrogens is 2. The number of imidazole rings is 1. The Morgan fingerprint density at radius 2 is 2.25 bits per heavy atom. The lowest BCUT2D eigenvalue weighted by molar-refractivity contribution is 0.127. The van der Waals surface area contributed by atoms with Crippen LogP contribution in [-0.2, 0) is 6.54 Å². The van der Waals surface area contributed by atoms with Crippen LogP contribution >= 0.6 is 12.2 Å². The molecule has 0 bridgehead atoms. The van der Waals surface area contributed by atoms with E-state index < -0.39 is 13.0 Å². The van der Waals surface area contributed by atoms with Crippen molar-refractivity contribution in [3.63, 3.8) is 0 Å². The molecule has 0 unspecified atom stereocenters. The molecule has 0 radical (unpaired) electrons. The number of hydrogen-bond donors (Lipinski definition) is 1. The molecule has 86 valence electrons. The van der Waals surface area contributed by atoms with Gasteiger partial charge in [-0.15, -0.1) is 0 Å². The van der Waals surface area contributed by atoms with Crippen LogP contribution in [0, 0.1) is 4.77 Å². The Morgan fingerprint density at radius 3 is 2.88 bits per heavy atom. The Labute approximate surface area is 95.7 Å². The molecule has 0 saturated heterocycles. The number of ether oxygens (including phenoxy) is 1. The van der Waals surface area contributed by atoms with Crippen LogP contribution in [-0.4, -0.2) is 23.1 Å². The lowest BCUT2D eigenvalue weighted by Gasteiger charge is -2.04. The maximum Gasteiger partial charge on any atom is 0.256 e. The number of aromatic amines is 1. The fourth-order valence-corrected chi connectivity index (χ4v) is 1.86. The molecule has 0 aliphatic rings. The van der Waals surface area contributed by atoms with E-state index in [1.807, 2.05) is 0 Å². The molecule has 0 fully saturated rings. The zero-order valence-electron chi connectivity index (χ0n) is 8.54. The monoisotopic (exact) mass is 244 g/mol. The van der Waals surface area contributed by atoms with Crippen molar-refractivity contribution < 1.29 is 13.5 Å². The molecule has 1 aromatic carbocycles. The predicted octanol–water partition coefficient (Wildman–Crippen LogP) is 2.97. The van der Waals surface area contributed by atoms with E-state index in [2.05, 4.69) is 4.98 Å². The minimum atomic E-state index is -2.43. The number of benzene rings is 1. The summed E-state index contributed by atoms with van der Waals surface area (Å²) in [5.41, 5.74) is 1.36. The van der Waals surface area contributed by atoms with Crippen LogP contribution in [0.3, 0.4) is 0 Å². The summed E-state index contributed by atoms with van der Waals surface area (Å²) in [6.07, 6.45) is -2.43. The standard InChI is InChI=1S/C10H10F2N2OS/c1-15-6-2-3-7-8(4-6)14(5-9(11)12)10(16)13-7/h2-4,9H,5H2,1H3,(H,13,16). The highest BCUT2D eigenvalue weighted by atomic mass is 32.1. The lowest BCUT2D eigenvalue weighted by atomic mass is 10.3. The second kappa shape index (κ2) is 4.21. The van der Waals surface area contributed by atoms with Gasteiger partial charge in [0.1, 0.15) is 5.75 Å². The minimum absolute atomic E-state index is 0.295. The average molecular weight is 244 g/mol. The average Bonchev–Trinajstić information content (AvgIpc) is 2.54. The first-order valence-corrected chi connectivity index (χ1v) is 5.07. The number of rotatable bonds is 3. The molecule has 2 rings (SSSR count). The molecule has 0 aliphatic carbocycles. The van der Waals surface area contributed by atoms with Crippen LogP contribution < -0.4 is 4.74 Å². The third-order valence-electron chi connectivity index (χ3n) is 2.30. The Balaban J connectivity index is 2.61. The predicted molar refractivity (Wildman–Crippen MR) is 59.7 cm³/mol. The van der Waals surface area contributed by atoms with Gasteiger partial charge >= 0.3 is 0 Å². The number of fused-ring (bicyclic) bond motifs is 1. The number of nitrogens with one attached hydrogen (secondary N) is 1. The largest absolute Gasteiger partial charge is 0.497 e. The highest BCUT2D eigenvalue weighted by Crippen LogP contribution is 2.21. The highest BCUT2D eigenvalue weighted by molar-refractivity contribution is 7.71. The van der Waals surface area contributed by atoms with Crippen molar-refractivity contribution in [3.05, 3.63) is 23.0 Å². The van der Waals surface area contributed by atoms with Crippen molar-refractivity contribution in [1.29, 1.82) is 0 Å². The number of halogens is 2. The smallest absolute Gasteiger partial charge is 0.256 e. The van der Waals surface area contributed by atoms with Gasteiger partial charge in [-0.25, -0.2) is 8.78 Å². The Hall–Kier alpha value is -1.43. The van der Waals surface area contributed by atoms with Crippen LogP contribution in [0.1, 0.15) is 0 Å². The second-order valence-corrected chi connectivity index (χ2v) is 3.70. The van der Waals surface area contributed by atoms with Gasteiger partial charge in [0.15, 0.2) is 4.77 Å². The van der Waals surface area contributed by atoms with Gasteiger partial charge in [-0.05, 0) is 24.4 Å². The summed E-state index contributed by atoms with van der Waals surface area (Å²) >= 11 is 4.98. The van der Waals surface area contributed by atoms with Crippen LogP contribution in [0.25, 0.3) is 11.0 Å². The molecule has 0 spiro atoms. The van der Waals surface area contributed by atoms with E-state index in [-0.39, 0.29) is 0 Å². The van der Waals surface area contributed by atoms with Crippen molar-refractivity contribution in [2.45, 2.75) is 13.0 Å². The number of hydrogen-bond acceptors (Lipinski definition) is 2. The third kappa shape index (κ3) is 1.92. The van der Waals surface area contributed by atoms with Crippen molar-refractivity contribution >= 4 is 23.3 Å². The minimum Gasteiger partial charge on any atom is -0.497 e. The SMILES string of the molecule is COc1ccc2[nH]c(=S)n(CC(F)F)c2c1. The van der Waals surface area contributed by atoms with E-state index in [0.717, 1.165) is 5.52 Å². The number of H-pyrrole nitrogens is 1. The molecule has 1 aromatic heterocycles. The summed E-state index contributed by atoms with van der Waals surface area (Å²) in [6, 6.07) is 5.19. The number of nitrogens with zero attached hydrogens (tertiary/aromatic N) is 1. The highest BCUT2D eigenvalue weighted by Gasteiger charge is 2.10. The number of alkyl halides is 2. The molecule has 16 heavy (non-hydrogen) atoms. The summed E-state index contributed by atoms with van der Waals surface area (Å²) in [6.45, 7) is -0.411. The summed E-state index contributed by atoms with van der Waals surface area (Å²) in [5.74, 6) is 0.615. The molecule has 0 atom stereocenters. The first-order chi connectivity index (χ1) is 7.61. The molecule has 0 saturated carbocycles. The van der Waals surface area contributed by atoms with E-state index in [0.29, 0.717) is 16.0 Å². The molecule has 3 nitrogen and oxygen atoms in total. The van der Waals surface area contributed by atoms with Crippen molar-refractivity contribution in [2.24, 2.45) is 0 Å². The molecule has 0 aliphatic heterocycles. The van der Waals surface area contributed by atoms with E-state index in [1.54, 1.807) is 18.2 Å². The van der Waals surface area contributed by atoms with Gasteiger partial charge < -0.3 is 14.3 Å². The molecule has 2 aromatic rings. The first-order valence-electron chi connectivity index (χ1n) is 4.66. The van der Waals surface area contributed by atoms with E-state index in [4.69, 9.17) is 17.0 Å². The Bertz CT molecular complexity index is 561. The first kappa shape index (κ1) is 11.1. The van der Waals surface area contributed by atoms with Crippen LogP contribution in [0.4, 0.5) is 8.78 Å². The molecule has 1 N–H and O–H groups in total. The van der Waals surface area contributed by atoms with Gasteiger partial charge in [-0.2, -0.15) is 0 Å². The lowest BCUT2D eigenvalue weighted by Crippen LogP contribution is -2.06. The van der Waals surface area contributed by atoms with Gasteiger partial charge in [0.25, 0.3) is 6.43 Å². The summed E-state index contributed by atoms with van der Waals surface area (Å²) < 4.78 is 31.5. The third-order valence-corrected chi connectivity index (χ3v) is 2.63.